The lowest BCUT2D eigenvalue weighted by atomic mass is 10.1. The average molecular weight is 303 g/mol. The topological polar surface area (TPSA) is 29.1 Å². The summed E-state index contributed by atoms with van der Waals surface area (Å²) in [6, 6.07) is 12.3. The van der Waals surface area contributed by atoms with Crippen molar-refractivity contribution in [3.05, 3.63) is 65.0 Å². The predicted octanol–water partition coefficient (Wildman–Crippen LogP) is 4.31. The molecule has 0 aliphatic carbocycles. The SMILES string of the molecule is Cc1ccc(C)c(NC(=O)CSCc2ccc(F)cc2)c1. The number of aryl methyl sites for hydroxylation is 2. The zero-order chi connectivity index (χ0) is 15.2. The maximum atomic E-state index is 12.8. The Morgan fingerprint density at radius 2 is 1.86 bits per heavy atom. The number of amides is 1. The van der Waals surface area contributed by atoms with Crippen molar-refractivity contribution >= 4 is 23.4 Å². The third kappa shape index (κ3) is 4.90. The summed E-state index contributed by atoms with van der Waals surface area (Å²) in [5.74, 6) is 0.817. The molecule has 21 heavy (non-hydrogen) atoms. The summed E-state index contributed by atoms with van der Waals surface area (Å²) < 4.78 is 12.8. The summed E-state index contributed by atoms with van der Waals surface area (Å²) in [6.45, 7) is 3.97. The Kier molecular flexibility index (Phi) is 5.39. The van der Waals surface area contributed by atoms with Gasteiger partial charge < -0.3 is 5.32 Å². The van der Waals surface area contributed by atoms with Crippen LogP contribution in [0.2, 0.25) is 0 Å². The Balaban J connectivity index is 1.82. The van der Waals surface area contributed by atoms with Gasteiger partial charge in [-0.1, -0.05) is 24.3 Å². The van der Waals surface area contributed by atoms with Crippen LogP contribution in [0.25, 0.3) is 0 Å². The van der Waals surface area contributed by atoms with Gasteiger partial charge in [0, 0.05) is 11.4 Å². The van der Waals surface area contributed by atoms with E-state index in [1.54, 1.807) is 12.1 Å². The van der Waals surface area contributed by atoms with Crippen molar-refractivity contribution < 1.29 is 9.18 Å². The number of carbonyl (C=O) groups excluding carboxylic acids is 1. The zero-order valence-electron chi connectivity index (χ0n) is 12.2. The van der Waals surface area contributed by atoms with Gasteiger partial charge in [0.25, 0.3) is 0 Å². The quantitative estimate of drug-likeness (QED) is 0.891. The first kappa shape index (κ1) is 15.6. The van der Waals surface area contributed by atoms with E-state index in [-0.39, 0.29) is 11.7 Å². The first-order valence-corrected chi connectivity index (χ1v) is 7.89. The standard InChI is InChI=1S/C17H18FNOS/c1-12-3-4-13(2)16(9-12)19-17(20)11-21-10-14-5-7-15(18)8-6-14/h3-9H,10-11H2,1-2H3,(H,19,20). The van der Waals surface area contributed by atoms with Crippen molar-refractivity contribution in [3.63, 3.8) is 0 Å². The number of hydrogen-bond acceptors (Lipinski definition) is 2. The second-order valence-electron chi connectivity index (χ2n) is 4.99. The molecule has 2 aromatic rings. The number of rotatable bonds is 5. The van der Waals surface area contributed by atoms with Crippen molar-refractivity contribution in [3.8, 4) is 0 Å². The van der Waals surface area contributed by atoms with Crippen LogP contribution >= 0.6 is 11.8 Å². The first-order chi connectivity index (χ1) is 10.0. The second-order valence-corrected chi connectivity index (χ2v) is 5.97. The minimum Gasteiger partial charge on any atom is -0.325 e. The molecule has 0 aliphatic heterocycles. The summed E-state index contributed by atoms with van der Waals surface area (Å²) in [5.41, 5.74) is 4.05. The van der Waals surface area contributed by atoms with Crippen molar-refractivity contribution in [2.45, 2.75) is 19.6 Å². The highest BCUT2D eigenvalue weighted by Gasteiger charge is 2.05. The Labute approximate surface area is 128 Å². The minimum absolute atomic E-state index is 0.0178. The molecule has 2 nitrogen and oxygen atoms in total. The number of hydrogen-bond donors (Lipinski definition) is 1. The summed E-state index contributed by atoms with van der Waals surface area (Å²) in [5, 5.41) is 2.93. The fourth-order valence-corrected chi connectivity index (χ4v) is 2.69. The number of thioether (sulfide) groups is 1. The van der Waals surface area contributed by atoms with Crippen LogP contribution in [-0.2, 0) is 10.5 Å². The lowest BCUT2D eigenvalue weighted by molar-refractivity contribution is -0.113. The zero-order valence-corrected chi connectivity index (χ0v) is 13.0. The van der Waals surface area contributed by atoms with Crippen LogP contribution in [0.3, 0.4) is 0 Å². The van der Waals surface area contributed by atoms with Crippen LogP contribution in [-0.4, -0.2) is 11.7 Å². The number of nitrogens with one attached hydrogen (secondary N) is 1. The van der Waals surface area contributed by atoms with Gasteiger partial charge in [0.05, 0.1) is 5.75 Å². The summed E-state index contributed by atoms with van der Waals surface area (Å²) >= 11 is 1.52. The van der Waals surface area contributed by atoms with E-state index in [1.165, 1.54) is 23.9 Å². The molecular formula is C17H18FNOS. The molecule has 0 aliphatic rings. The molecule has 0 radical (unpaired) electrons. The van der Waals surface area contributed by atoms with Crippen molar-refractivity contribution in [2.75, 3.05) is 11.1 Å². The normalized spacial score (nSPS) is 10.4. The van der Waals surface area contributed by atoms with E-state index in [0.29, 0.717) is 11.5 Å². The molecule has 2 rings (SSSR count). The Morgan fingerprint density at radius 1 is 1.14 bits per heavy atom. The molecule has 2 aromatic carbocycles. The molecule has 0 unspecified atom stereocenters. The van der Waals surface area contributed by atoms with Crippen LogP contribution in [0.5, 0.6) is 0 Å². The lowest BCUT2D eigenvalue weighted by Crippen LogP contribution is -2.15. The van der Waals surface area contributed by atoms with Gasteiger partial charge in [-0.15, -0.1) is 11.8 Å². The van der Waals surface area contributed by atoms with Gasteiger partial charge in [0.15, 0.2) is 0 Å². The molecule has 1 N–H and O–H groups in total. The molecule has 0 spiro atoms. The summed E-state index contributed by atoms with van der Waals surface area (Å²) in [4.78, 5) is 11.9. The van der Waals surface area contributed by atoms with Gasteiger partial charge in [-0.05, 0) is 48.7 Å². The number of benzene rings is 2. The van der Waals surface area contributed by atoms with Crippen LogP contribution in [0, 0.1) is 19.7 Å². The number of anilines is 1. The maximum Gasteiger partial charge on any atom is 0.234 e. The Morgan fingerprint density at radius 3 is 2.57 bits per heavy atom. The van der Waals surface area contributed by atoms with Gasteiger partial charge >= 0.3 is 0 Å². The van der Waals surface area contributed by atoms with Crippen LogP contribution in [0.15, 0.2) is 42.5 Å². The van der Waals surface area contributed by atoms with E-state index in [2.05, 4.69) is 5.32 Å². The summed E-state index contributed by atoms with van der Waals surface area (Å²) in [6.07, 6.45) is 0. The molecular weight excluding hydrogens is 285 g/mol. The van der Waals surface area contributed by atoms with E-state index in [4.69, 9.17) is 0 Å². The van der Waals surface area contributed by atoms with E-state index in [1.807, 2.05) is 32.0 Å². The largest absolute Gasteiger partial charge is 0.325 e. The monoisotopic (exact) mass is 303 g/mol. The molecule has 0 bridgehead atoms. The van der Waals surface area contributed by atoms with Gasteiger partial charge in [-0.25, -0.2) is 4.39 Å². The highest BCUT2D eigenvalue weighted by Crippen LogP contribution is 2.18. The Bertz CT molecular complexity index is 625. The van der Waals surface area contributed by atoms with Crippen LogP contribution in [0.4, 0.5) is 10.1 Å². The average Bonchev–Trinajstić information content (AvgIpc) is 2.45. The molecule has 0 fully saturated rings. The fraction of sp³-hybridized carbons (Fsp3) is 0.235. The molecule has 0 heterocycles. The molecule has 0 saturated carbocycles. The Hall–Kier alpha value is -1.81. The van der Waals surface area contributed by atoms with Gasteiger partial charge in [-0.3, -0.25) is 4.79 Å². The minimum atomic E-state index is -0.239. The maximum absolute atomic E-state index is 12.8. The van der Waals surface area contributed by atoms with E-state index in [0.717, 1.165) is 22.4 Å². The molecule has 0 atom stereocenters. The van der Waals surface area contributed by atoms with Gasteiger partial charge in [0.2, 0.25) is 5.91 Å². The molecule has 0 aromatic heterocycles. The fourth-order valence-electron chi connectivity index (χ4n) is 1.90. The molecule has 4 heteroatoms. The van der Waals surface area contributed by atoms with E-state index >= 15 is 0 Å². The van der Waals surface area contributed by atoms with E-state index < -0.39 is 0 Å². The lowest BCUT2D eigenvalue weighted by Gasteiger charge is -2.09. The van der Waals surface area contributed by atoms with Crippen LogP contribution in [0.1, 0.15) is 16.7 Å². The molecule has 1 amide bonds. The third-order valence-corrected chi connectivity index (χ3v) is 4.09. The van der Waals surface area contributed by atoms with Crippen molar-refractivity contribution in [1.82, 2.24) is 0 Å². The number of halogens is 1. The summed E-state index contributed by atoms with van der Waals surface area (Å²) in [7, 11) is 0. The van der Waals surface area contributed by atoms with E-state index in [9.17, 15) is 9.18 Å². The molecule has 110 valence electrons. The predicted molar refractivity (Wildman–Crippen MR) is 87.1 cm³/mol. The highest BCUT2D eigenvalue weighted by atomic mass is 32.2. The van der Waals surface area contributed by atoms with Crippen LogP contribution < -0.4 is 5.32 Å². The van der Waals surface area contributed by atoms with Crippen molar-refractivity contribution in [2.24, 2.45) is 0 Å². The number of carbonyl (C=O) groups is 1. The highest BCUT2D eigenvalue weighted by molar-refractivity contribution is 7.99. The van der Waals surface area contributed by atoms with Gasteiger partial charge in [0.1, 0.15) is 5.82 Å². The third-order valence-electron chi connectivity index (χ3n) is 3.08. The smallest absolute Gasteiger partial charge is 0.234 e. The second kappa shape index (κ2) is 7.27. The van der Waals surface area contributed by atoms with Crippen molar-refractivity contribution in [1.29, 1.82) is 0 Å². The first-order valence-electron chi connectivity index (χ1n) is 6.74. The van der Waals surface area contributed by atoms with Gasteiger partial charge in [-0.2, -0.15) is 0 Å². The molecule has 0 saturated heterocycles.